The fourth-order valence-corrected chi connectivity index (χ4v) is 3.98. The van der Waals surface area contributed by atoms with Crippen molar-refractivity contribution in [3.63, 3.8) is 0 Å². The molecule has 2 aliphatic rings. The molecule has 3 aromatic rings. The molecule has 1 saturated heterocycles. The van der Waals surface area contributed by atoms with Gasteiger partial charge in [0.2, 0.25) is 5.95 Å². The van der Waals surface area contributed by atoms with E-state index in [0.29, 0.717) is 17.4 Å². The highest BCUT2D eigenvalue weighted by atomic mass is 19.1. The predicted octanol–water partition coefficient (Wildman–Crippen LogP) is 3.56. The van der Waals surface area contributed by atoms with Crippen molar-refractivity contribution in [2.24, 2.45) is 0 Å². The Labute approximate surface area is 184 Å². The van der Waals surface area contributed by atoms with Crippen molar-refractivity contribution in [1.82, 2.24) is 14.5 Å². The number of hydrogen-bond acceptors (Lipinski definition) is 6. The maximum atomic E-state index is 13.9. The van der Waals surface area contributed by atoms with Gasteiger partial charge in [-0.15, -0.1) is 0 Å². The molecular weight excluding hydrogens is 409 g/mol. The number of nitrogens with zero attached hydrogens (tertiary/aromatic N) is 5. The first-order valence-corrected chi connectivity index (χ1v) is 10.8. The molecule has 0 atom stereocenters. The Hall–Kier alpha value is -3.73. The molecule has 2 fully saturated rings. The fraction of sp³-hybridized carbons (Fsp3) is 0.333. The molecular formula is C24H22FN5O2. The van der Waals surface area contributed by atoms with Crippen molar-refractivity contribution < 1.29 is 9.13 Å². The zero-order chi connectivity index (χ0) is 22.1. The number of anilines is 1. The van der Waals surface area contributed by atoms with E-state index in [2.05, 4.69) is 14.9 Å². The number of rotatable bonds is 5. The van der Waals surface area contributed by atoms with Gasteiger partial charge in [0.1, 0.15) is 23.7 Å². The van der Waals surface area contributed by atoms with E-state index in [0.717, 1.165) is 31.9 Å². The average molecular weight is 431 g/mol. The van der Waals surface area contributed by atoms with E-state index >= 15 is 0 Å². The zero-order valence-electron chi connectivity index (χ0n) is 17.4. The van der Waals surface area contributed by atoms with Crippen LogP contribution in [0.4, 0.5) is 10.3 Å². The van der Waals surface area contributed by atoms with Crippen molar-refractivity contribution in [3.05, 3.63) is 76.2 Å². The fourth-order valence-electron chi connectivity index (χ4n) is 3.98. The third-order valence-electron chi connectivity index (χ3n) is 5.98. The summed E-state index contributed by atoms with van der Waals surface area (Å²) in [5, 5.41) is 8.86. The van der Waals surface area contributed by atoms with Gasteiger partial charge < -0.3 is 9.64 Å². The van der Waals surface area contributed by atoms with Crippen LogP contribution < -0.4 is 15.2 Å². The van der Waals surface area contributed by atoms with Gasteiger partial charge in [0.25, 0.3) is 5.56 Å². The standard InChI is InChI=1S/C24H22FN5O2/c25-22-11-19(4-3-17(22)13-26)30-10-7-21(12-23(30)31)32-20-5-8-29(9-6-20)24-27-14-18(15-28-24)16-1-2-16/h3-4,7,10-12,14-16,20H,1-2,5-6,8-9H2. The first-order valence-electron chi connectivity index (χ1n) is 10.8. The third kappa shape index (κ3) is 4.19. The van der Waals surface area contributed by atoms with E-state index in [9.17, 15) is 9.18 Å². The summed E-state index contributed by atoms with van der Waals surface area (Å²) in [6, 6.07) is 8.95. The van der Waals surface area contributed by atoms with Crippen LogP contribution in [0, 0.1) is 17.1 Å². The first-order chi connectivity index (χ1) is 15.6. The number of piperidine rings is 1. The molecule has 32 heavy (non-hydrogen) atoms. The van der Waals surface area contributed by atoms with Gasteiger partial charge >= 0.3 is 0 Å². The van der Waals surface area contributed by atoms with Crippen LogP contribution in [0.25, 0.3) is 5.69 Å². The Kier molecular flexibility index (Phi) is 5.31. The molecule has 1 aliphatic heterocycles. The number of benzene rings is 1. The van der Waals surface area contributed by atoms with E-state index in [1.165, 1.54) is 41.2 Å². The molecule has 162 valence electrons. The van der Waals surface area contributed by atoms with Gasteiger partial charge in [-0.1, -0.05) is 0 Å². The summed E-state index contributed by atoms with van der Waals surface area (Å²) in [6.07, 6.45) is 9.52. The van der Waals surface area contributed by atoms with Gasteiger partial charge in [-0.25, -0.2) is 14.4 Å². The van der Waals surface area contributed by atoms with Gasteiger partial charge in [0, 0.05) is 50.6 Å². The third-order valence-corrected chi connectivity index (χ3v) is 5.98. The van der Waals surface area contributed by atoms with Crippen molar-refractivity contribution in [2.75, 3.05) is 18.0 Å². The van der Waals surface area contributed by atoms with Gasteiger partial charge in [-0.2, -0.15) is 5.26 Å². The molecule has 0 radical (unpaired) electrons. The summed E-state index contributed by atoms with van der Waals surface area (Å²) in [5.41, 5.74) is 1.20. The first kappa shape index (κ1) is 20.2. The highest BCUT2D eigenvalue weighted by Gasteiger charge is 2.26. The van der Waals surface area contributed by atoms with E-state index in [1.54, 1.807) is 24.4 Å². The van der Waals surface area contributed by atoms with E-state index in [4.69, 9.17) is 10.00 Å². The number of ether oxygens (including phenoxy) is 1. The van der Waals surface area contributed by atoms with Crippen LogP contribution in [0.5, 0.6) is 5.75 Å². The Morgan fingerprint density at radius 1 is 1.06 bits per heavy atom. The minimum absolute atomic E-state index is 0.000376. The SMILES string of the molecule is N#Cc1ccc(-n2ccc(OC3CCN(c4ncc(C5CC5)cn4)CC3)cc2=O)cc1F. The Balaban J connectivity index is 1.21. The minimum atomic E-state index is -0.657. The summed E-state index contributed by atoms with van der Waals surface area (Å²) in [6.45, 7) is 1.57. The van der Waals surface area contributed by atoms with E-state index in [-0.39, 0.29) is 17.2 Å². The predicted molar refractivity (Wildman–Crippen MR) is 117 cm³/mol. The van der Waals surface area contributed by atoms with Gasteiger partial charge in [0.15, 0.2) is 0 Å². The topological polar surface area (TPSA) is 84.0 Å². The van der Waals surface area contributed by atoms with Gasteiger partial charge in [0.05, 0.1) is 11.3 Å². The summed E-state index contributed by atoms with van der Waals surface area (Å²) in [7, 11) is 0. The Bertz CT molecular complexity index is 1220. The molecule has 3 heterocycles. The highest BCUT2D eigenvalue weighted by molar-refractivity contribution is 5.41. The molecule has 1 aromatic carbocycles. The lowest BCUT2D eigenvalue weighted by Gasteiger charge is -2.32. The maximum absolute atomic E-state index is 13.9. The quantitative estimate of drug-likeness (QED) is 0.614. The molecule has 8 heteroatoms. The number of aromatic nitrogens is 3. The molecule has 0 amide bonds. The van der Waals surface area contributed by atoms with Crippen molar-refractivity contribution in [2.45, 2.75) is 37.7 Å². The van der Waals surface area contributed by atoms with E-state index in [1.807, 2.05) is 12.4 Å². The van der Waals surface area contributed by atoms with Gasteiger partial charge in [-0.05, 0) is 48.6 Å². The maximum Gasteiger partial charge on any atom is 0.258 e. The molecule has 0 N–H and O–H groups in total. The van der Waals surface area contributed by atoms with Crippen molar-refractivity contribution in [3.8, 4) is 17.5 Å². The Morgan fingerprint density at radius 2 is 1.81 bits per heavy atom. The number of hydrogen-bond donors (Lipinski definition) is 0. The molecule has 2 aromatic heterocycles. The van der Waals surface area contributed by atoms with Crippen LogP contribution in [0.3, 0.4) is 0 Å². The molecule has 1 saturated carbocycles. The largest absolute Gasteiger partial charge is 0.490 e. The summed E-state index contributed by atoms with van der Waals surface area (Å²) >= 11 is 0. The van der Waals surface area contributed by atoms with Crippen molar-refractivity contribution >= 4 is 5.95 Å². The number of halogens is 1. The van der Waals surface area contributed by atoms with Crippen LogP contribution in [-0.4, -0.2) is 33.7 Å². The van der Waals surface area contributed by atoms with E-state index < -0.39 is 5.82 Å². The van der Waals surface area contributed by atoms with Crippen molar-refractivity contribution in [1.29, 1.82) is 5.26 Å². The van der Waals surface area contributed by atoms with Crippen LogP contribution >= 0.6 is 0 Å². The molecule has 5 rings (SSSR count). The van der Waals surface area contributed by atoms with Crippen LogP contribution in [0.1, 0.15) is 42.7 Å². The minimum Gasteiger partial charge on any atom is -0.490 e. The monoisotopic (exact) mass is 431 g/mol. The lowest BCUT2D eigenvalue weighted by molar-refractivity contribution is 0.170. The lowest BCUT2D eigenvalue weighted by atomic mass is 10.1. The highest BCUT2D eigenvalue weighted by Crippen LogP contribution is 2.39. The molecule has 1 aliphatic carbocycles. The lowest BCUT2D eigenvalue weighted by Crippen LogP contribution is -2.39. The number of nitriles is 1. The second-order valence-electron chi connectivity index (χ2n) is 8.24. The molecule has 7 nitrogen and oxygen atoms in total. The average Bonchev–Trinajstić information content (AvgIpc) is 3.65. The summed E-state index contributed by atoms with van der Waals surface area (Å²) in [5.74, 6) is 1.23. The van der Waals surface area contributed by atoms with Gasteiger partial charge in [-0.3, -0.25) is 9.36 Å². The molecule has 0 bridgehead atoms. The summed E-state index contributed by atoms with van der Waals surface area (Å²) in [4.78, 5) is 23.7. The van der Waals surface area contributed by atoms with Crippen LogP contribution in [-0.2, 0) is 0 Å². The zero-order valence-corrected chi connectivity index (χ0v) is 17.4. The second-order valence-corrected chi connectivity index (χ2v) is 8.24. The van der Waals surface area contributed by atoms with Crippen LogP contribution in [0.2, 0.25) is 0 Å². The summed E-state index contributed by atoms with van der Waals surface area (Å²) < 4.78 is 21.2. The number of pyridine rings is 1. The second kappa shape index (κ2) is 8.42. The molecule has 0 unspecified atom stereocenters. The van der Waals surface area contributed by atoms with Crippen LogP contribution in [0.15, 0.2) is 53.7 Å². The normalized spacial score (nSPS) is 16.6. The Morgan fingerprint density at radius 3 is 2.44 bits per heavy atom. The smallest absolute Gasteiger partial charge is 0.258 e. The molecule has 0 spiro atoms.